The minimum atomic E-state index is -0.00969. The van der Waals surface area contributed by atoms with Gasteiger partial charge in [0.05, 0.1) is 12.7 Å². The number of nitrogens with zero attached hydrogens (tertiary/aromatic N) is 3. The molecule has 27 heavy (non-hydrogen) atoms. The average Bonchev–Trinajstić information content (AvgIpc) is 3.44. The van der Waals surface area contributed by atoms with Crippen LogP contribution in [0.15, 0.2) is 45.6 Å². The number of aromatic amines is 1. The van der Waals surface area contributed by atoms with Crippen LogP contribution in [0.4, 0.5) is 0 Å². The molecule has 1 aromatic carbocycles. The van der Waals surface area contributed by atoms with Crippen LogP contribution in [0.25, 0.3) is 22.5 Å². The molecule has 0 aliphatic rings. The van der Waals surface area contributed by atoms with Gasteiger partial charge in [-0.05, 0) is 29.6 Å². The maximum absolute atomic E-state index is 12.3. The van der Waals surface area contributed by atoms with Crippen LogP contribution >= 0.6 is 11.3 Å². The van der Waals surface area contributed by atoms with Gasteiger partial charge in [0, 0.05) is 42.4 Å². The lowest BCUT2D eigenvalue weighted by molar-refractivity contribution is 0.0796. The van der Waals surface area contributed by atoms with Crippen molar-refractivity contribution in [3.63, 3.8) is 0 Å². The number of hydrogen-bond acceptors (Lipinski definition) is 6. The Hall–Kier alpha value is -3.13. The number of methoxy groups -OCH3 is 1. The van der Waals surface area contributed by atoms with Gasteiger partial charge >= 0.3 is 0 Å². The normalized spacial score (nSPS) is 11.0. The first-order valence-electron chi connectivity index (χ1n) is 8.41. The second-order valence-corrected chi connectivity index (χ2v) is 6.92. The second-order valence-electron chi connectivity index (χ2n) is 6.14. The number of H-pyrrole nitrogens is 1. The molecular formula is C19H18N4O3S. The summed E-state index contributed by atoms with van der Waals surface area (Å²) in [5.41, 5.74) is 2.38. The largest absolute Gasteiger partial charge is 0.497 e. The summed E-state index contributed by atoms with van der Waals surface area (Å²) in [6.07, 6.45) is 0.518. The van der Waals surface area contributed by atoms with Crippen molar-refractivity contribution in [1.82, 2.24) is 20.0 Å². The van der Waals surface area contributed by atoms with E-state index in [1.165, 1.54) is 11.3 Å². The number of likely N-dealkylation sites (N-methyl/N-ethyl adjacent to an activating group) is 1. The molecule has 4 aromatic rings. The fraction of sp³-hybridized carbons (Fsp3) is 0.211. The minimum absolute atomic E-state index is 0.00969. The zero-order valence-electron chi connectivity index (χ0n) is 14.9. The smallest absolute Gasteiger partial charge is 0.274 e. The van der Waals surface area contributed by atoms with Gasteiger partial charge in [-0.3, -0.25) is 4.79 Å². The van der Waals surface area contributed by atoms with Gasteiger partial charge in [-0.15, -0.1) is 0 Å². The van der Waals surface area contributed by atoms with Crippen LogP contribution < -0.4 is 4.74 Å². The van der Waals surface area contributed by atoms with Gasteiger partial charge in [0.15, 0.2) is 5.82 Å². The molecule has 7 nitrogen and oxygen atoms in total. The highest BCUT2D eigenvalue weighted by atomic mass is 32.1. The van der Waals surface area contributed by atoms with Crippen molar-refractivity contribution < 1.29 is 14.1 Å². The summed E-state index contributed by atoms with van der Waals surface area (Å²) in [6, 6.07) is 9.57. The van der Waals surface area contributed by atoms with Gasteiger partial charge in [0.2, 0.25) is 0 Å². The van der Waals surface area contributed by atoms with Crippen molar-refractivity contribution in [2.75, 3.05) is 20.7 Å². The van der Waals surface area contributed by atoms with E-state index in [0.717, 1.165) is 22.3 Å². The molecule has 4 rings (SSSR count). The molecular weight excluding hydrogens is 364 g/mol. The summed E-state index contributed by atoms with van der Waals surface area (Å²) >= 11 is 1.51. The second kappa shape index (κ2) is 7.24. The van der Waals surface area contributed by atoms with Crippen LogP contribution in [0.3, 0.4) is 0 Å². The quantitative estimate of drug-likeness (QED) is 0.551. The summed E-state index contributed by atoms with van der Waals surface area (Å²) in [7, 11) is 3.40. The van der Waals surface area contributed by atoms with Crippen molar-refractivity contribution in [3.8, 4) is 17.3 Å². The maximum Gasteiger partial charge on any atom is 0.274 e. The Labute approximate surface area is 159 Å². The lowest BCUT2D eigenvalue weighted by atomic mass is 10.2. The number of fused-ring (bicyclic) bond motifs is 1. The molecule has 0 radical (unpaired) electrons. The molecule has 0 atom stereocenters. The summed E-state index contributed by atoms with van der Waals surface area (Å²) in [4.78, 5) is 21.6. The molecule has 8 heteroatoms. The van der Waals surface area contributed by atoms with Gasteiger partial charge in [0.1, 0.15) is 11.4 Å². The lowest BCUT2D eigenvalue weighted by Gasteiger charge is -2.14. The van der Waals surface area contributed by atoms with Gasteiger partial charge in [-0.2, -0.15) is 16.3 Å². The van der Waals surface area contributed by atoms with E-state index < -0.39 is 0 Å². The number of carbonyl (C=O) groups excluding carboxylic acids is 1. The van der Waals surface area contributed by atoms with E-state index in [1.54, 1.807) is 19.1 Å². The highest BCUT2D eigenvalue weighted by Gasteiger charge is 2.15. The zero-order valence-corrected chi connectivity index (χ0v) is 15.7. The summed E-state index contributed by atoms with van der Waals surface area (Å²) in [6.45, 7) is 0.511. The third-order valence-electron chi connectivity index (χ3n) is 4.31. The Kier molecular flexibility index (Phi) is 4.64. The summed E-state index contributed by atoms with van der Waals surface area (Å²) in [5, 5.41) is 8.79. The van der Waals surface area contributed by atoms with Gasteiger partial charge in [-0.1, -0.05) is 5.16 Å². The van der Waals surface area contributed by atoms with Crippen molar-refractivity contribution in [3.05, 3.63) is 52.5 Å². The van der Waals surface area contributed by atoms with E-state index in [9.17, 15) is 4.79 Å². The molecule has 0 aliphatic heterocycles. The van der Waals surface area contributed by atoms with E-state index in [0.29, 0.717) is 30.2 Å². The number of amides is 1. The number of hydrogen-bond donors (Lipinski definition) is 1. The third-order valence-corrected chi connectivity index (χ3v) is 5.00. The number of ether oxygens (including phenoxy) is 1. The van der Waals surface area contributed by atoms with Crippen LogP contribution in [0, 0.1) is 0 Å². The molecule has 0 unspecified atom stereocenters. The predicted molar refractivity (Wildman–Crippen MR) is 103 cm³/mol. The number of rotatable bonds is 6. The molecule has 1 N–H and O–H groups in total. The number of carbonyl (C=O) groups is 1. The molecule has 0 fully saturated rings. The van der Waals surface area contributed by atoms with Gasteiger partial charge in [-0.25, -0.2) is 0 Å². The van der Waals surface area contributed by atoms with E-state index in [2.05, 4.69) is 15.1 Å². The van der Waals surface area contributed by atoms with Crippen molar-refractivity contribution in [1.29, 1.82) is 0 Å². The van der Waals surface area contributed by atoms with Crippen molar-refractivity contribution in [2.45, 2.75) is 6.42 Å². The van der Waals surface area contributed by atoms with Crippen LogP contribution in [0.2, 0.25) is 0 Å². The van der Waals surface area contributed by atoms with E-state index in [4.69, 9.17) is 9.26 Å². The highest BCUT2D eigenvalue weighted by molar-refractivity contribution is 7.08. The maximum atomic E-state index is 12.3. The average molecular weight is 382 g/mol. The molecule has 1 amide bonds. The first kappa shape index (κ1) is 17.3. The Morgan fingerprint density at radius 1 is 1.33 bits per heavy atom. The first-order valence-corrected chi connectivity index (χ1v) is 9.35. The Morgan fingerprint density at radius 3 is 3.00 bits per heavy atom. The standard InChI is InChI=1S/C19H18N4O3S/c1-23(19(24)13-6-8-27-11-13)7-5-17-21-18(26-22-17)16-9-12-3-4-14(25-2)10-15(12)20-16/h3-4,6,8-11,20H,5,7H2,1-2H3. The van der Waals surface area contributed by atoms with E-state index >= 15 is 0 Å². The molecule has 0 bridgehead atoms. The summed E-state index contributed by atoms with van der Waals surface area (Å²) in [5.74, 6) is 1.75. The van der Waals surface area contributed by atoms with Gasteiger partial charge in [0.25, 0.3) is 11.8 Å². The SMILES string of the molecule is COc1ccc2cc(-c3nc(CCN(C)C(=O)c4ccsc4)no3)[nH]c2c1. The highest BCUT2D eigenvalue weighted by Crippen LogP contribution is 2.26. The van der Waals surface area contributed by atoms with Gasteiger partial charge < -0.3 is 19.1 Å². The molecule has 3 aromatic heterocycles. The topological polar surface area (TPSA) is 84.2 Å². The number of thiophene rings is 1. The summed E-state index contributed by atoms with van der Waals surface area (Å²) < 4.78 is 10.6. The molecule has 138 valence electrons. The van der Waals surface area contributed by atoms with E-state index in [1.807, 2.05) is 41.1 Å². The van der Waals surface area contributed by atoms with E-state index in [-0.39, 0.29) is 5.91 Å². The lowest BCUT2D eigenvalue weighted by Crippen LogP contribution is -2.28. The molecule has 3 heterocycles. The number of aromatic nitrogens is 3. The Bertz CT molecular complexity index is 1070. The first-order chi connectivity index (χ1) is 13.1. The molecule has 0 spiro atoms. The third kappa shape index (κ3) is 3.56. The molecule has 0 saturated carbocycles. The fourth-order valence-electron chi connectivity index (χ4n) is 2.79. The Morgan fingerprint density at radius 2 is 2.22 bits per heavy atom. The minimum Gasteiger partial charge on any atom is -0.497 e. The van der Waals surface area contributed by atoms with Crippen LogP contribution in [0.1, 0.15) is 16.2 Å². The number of nitrogens with one attached hydrogen (secondary N) is 1. The van der Waals surface area contributed by atoms with Crippen LogP contribution in [-0.4, -0.2) is 46.6 Å². The van der Waals surface area contributed by atoms with Crippen LogP contribution in [-0.2, 0) is 6.42 Å². The Balaban J connectivity index is 1.45. The van der Waals surface area contributed by atoms with Crippen molar-refractivity contribution in [2.24, 2.45) is 0 Å². The monoisotopic (exact) mass is 382 g/mol. The zero-order chi connectivity index (χ0) is 18.8. The van der Waals surface area contributed by atoms with Crippen molar-refractivity contribution >= 4 is 28.1 Å². The molecule has 0 saturated heterocycles. The number of benzene rings is 1. The molecule has 0 aliphatic carbocycles. The fourth-order valence-corrected chi connectivity index (χ4v) is 3.42. The van der Waals surface area contributed by atoms with Crippen LogP contribution in [0.5, 0.6) is 5.75 Å². The predicted octanol–water partition coefficient (Wildman–Crippen LogP) is 3.60.